The van der Waals surface area contributed by atoms with Gasteiger partial charge in [0.2, 0.25) is 5.95 Å². The third kappa shape index (κ3) is 2.69. The van der Waals surface area contributed by atoms with Gasteiger partial charge in [-0.1, -0.05) is 0 Å². The van der Waals surface area contributed by atoms with Crippen molar-refractivity contribution in [1.82, 2.24) is 24.3 Å². The second kappa shape index (κ2) is 6.12. The van der Waals surface area contributed by atoms with Crippen molar-refractivity contribution in [3.63, 3.8) is 0 Å². The molecule has 0 aliphatic carbocycles. The molecule has 1 saturated heterocycles. The van der Waals surface area contributed by atoms with E-state index in [9.17, 15) is 9.59 Å². The second-order valence-corrected chi connectivity index (χ2v) is 6.18. The maximum Gasteiger partial charge on any atom is 0.266 e. The monoisotopic (exact) mass is 338 g/mol. The molecule has 0 radical (unpaired) electrons. The van der Waals surface area contributed by atoms with Crippen LogP contribution in [0, 0.1) is 0 Å². The van der Waals surface area contributed by atoms with Gasteiger partial charge < -0.3 is 4.90 Å². The molecule has 0 aromatic carbocycles. The number of aromatic nitrogens is 5. The molecule has 0 bridgehead atoms. The van der Waals surface area contributed by atoms with E-state index in [1.807, 2.05) is 0 Å². The number of nitrogens with zero attached hydrogens (tertiary/aromatic N) is 6. The van der Waals surface area contributed by atoms with E-state index < -0.39 is 0 Å². The SMILES string of the molecule is Cn1c(N2CCCC2Cn2ncccc2=O)nc2ncccc2c1=O. The Morgan fingerprint density at radius 1 is 1.20 bits per heavy atom. The first-order valence-electron chi connectivity index (χ1n) is 8.25. The van der Waals surface area contributed by atoms with E-state index in [1.54, 1.807) is 42.2 Å². The van der Waals surface area contributed by atoms with E-state index in [1.165, 1.54) is 10.7 Å². The maximum absolute atomic E-state index is 12.6. The standard InChI is InChI=1S/C17H18N6O2/c1-21-16(25)13-6-2-8-18-15(13)20-17(21)22-10-4-5-12(22)11-23-14(24)7-3-9-19-23/h2-3,6-9,12H,4-5,10-11H2,1H3. The fourth-order valence-corrected chi connectivity index (χ4v) is 3.36. The molecule has 1 atom stereocenters. The average Bonchev–Trinajstić information content (AvgIpc) is 3.08. The molecule has 3 aromatic heterocycles. The molecule has 1 unspecified atom stereocenters. The number of rotatable bonds is 3. The van der Waals surface area contributed by atoms with Gasteiger partial charge in [-0.15, -0.1) is 0 Å². The first-order valence-corrected chi connectivity index (χ1v) is 8.25. The fraction of sp³-hybridized carbons (Fsp3) is 0.353. The summed E-state index contributed by atoms with van der Waals surface area (Å²) in [5.74, 6) is 0.586. The van der Waals surface area contributed by atoms with Gasteiger partial charge in [0.25, 0.3) is 11.1 Å². The van der Waals surface area contributed by atoms with Crippen LogP contribution in [0.1, 0.15) is 12.8 Å². The molecule has 0 amide bonds. The summed E-state index contributed by atoms with van der Waals surface area (Å²) < 4.78 is 3.02. The zero-order chi connectivity index (χ0) is 17.4. The van der Waals surface area contributed by atoms with Crippen molar-refractivity contribution in [3.05, 3.63) is 57.4 Å². The van der Waals surface area contributed by atoms with E-state index in [0.717, 1.165) is 19.4 Å². The van der Waals surface area contributed by atoms with Gasteiger partial charge in [0.15, 0.2) is 5.65 Å². The minimum atomic E-state index is -0.128. The summed E-state index contributed by atoms with van der Waals surface area (Å²) in [6, 6.07) is 6.66. The average molecular weight is 338 g/mol. The molecular formula is C17H18N6O2. The fourth-order valence-electron chi connectivity index (χ4n) is 3.36. The number of pyridine rings is 1. The number of anilines is 1. The van der Waals surface area contributed by atoms with Crippen molar-refractivity contribution in [3.8, 4) is 0 Å². The molecule has 0 saturated carbocycles. The van der Waals surface area contributed by atoms with Gasteiger partial charge in [0.1, 0.15) is 0 Å². The molecule has 0 N–H and O–H groups in total. The highest BCUT2D eigenvalue weighted by Gasteiger charge is 2.29. The van der Waals surface area contributed by atoms with Gasteiger partial charge in [-0.2, -0.15) is 10.1 Å². The minimum absolute atomic E-state index is 0.0619. The highest BCUT2D eigenvalue weighted by molar-refractivity contribution is 5.74. The van der Waals surface area contributed by atoms with Gasteiger partial charge in [0, 0.05) is 32.1 Å². The molecule has 128 valence electrons. The van der Waals surface area contributed by atoms with Crippen LogP contribution in [-0.2, 0) is 13.6 Å². The van der Waals surface area contributed by atoms with Crippen molar-refractivity contribution in [1.29, 1.82) is 0 Å². The number of fused-ring (bicyclic) bond motifs is 1. The van der Waals surface area contributed by atoms with Crippen molar-refractivity contribution in [2.75, 3.05) is 11.4 Å². The van der Waals surface area contributed by atoms with Crippen molar-refractivity contribution in [2.45, 2.75) is 25.4 Å². The van der Waals surface area contributed by atoms with Crippen LogP contribution < -0.4 is 16.0 Å². The highest BCUT2D eigenvalue weighted by Crippen LogP contribution is 2.24. The Hall–Kier alpha value is -3.03. The third-order valence-electron chi connectivity index (χ3n) is 4.63. The van der Waals surface area contributed by atoms with Gasteiger partial charge in [0.05, 0.1) is 18.0 Å². The summed E-state index contributed by atoms with van der Waals surface area (Å²) in [7, 11) is 1.72. The molecule has 3 aromatic rings. The molecule has 1 aliphatic rings. The van der Waals surface area contributed by atoms with Gasteiger partial charge in [-0.3, -0.25) is 14.2 Å². The lowest BCUT2D eigenvalue weighted by atomic mass is 10.2. The lowest BCUT2D eigenvalue weighted by Crippen LogP contribution is -2.40. The molecule has 0 spiro atoms. The summed E-state index contributed by atoms with van der Waals surface area (Å²) in [6.07, 6.45) is 5.13. The zero-order valence-electron chi connectivity index (χ0n) is 13.9. The lowest BCUT2D eigenvalue weighted by Gasteiger charge is -2.27. The van der Waals surface area contributed by atoms with E-state index >= 15 is 0 Å². The Bertz CT molecular complexity index is 1040. The first kappa shape index (κ1) is 15.5. The first-order chi connectivity index (χ1) is 12.1. The molecule has 1 fully saturated rings. The smallest absolute Gasteiger partial charge is 0.266 e. The normalized spacial score (nSPS) is 17.3. The Morgan fingerprint density at radius 3 is 2.88 bits per heavy atom. The largest absolute Gasteiger partial charge is 0.337 e. The highest BCUT2D eigenvalue weighted by atomic mass is 16.1. The third-order valence-corrected chi connectivity index (χ3v) is 4.63. The van der Waals surface area contributed by atoms with Crippen LogP contribution in [-0.4, -0.2) is 36.9 Å². The van der Waals surface area contributed by atoms with Crippen molar-refractivity contribution < 1.29 is 0 Å². The van der Waals surface area contributed by atoms with E-state index in [4.69, 9.17) is 0 Å². The summed E-state index contributed by atoms with van der Waals surface area (Å²) in [5.41, 5.74) is 0.200. The van der Waals surface area contributed by atoms with Gasteiger partial charge in [-0.05, 0) is 31.0 Å². The predicted octanol–water partition coefficient (Wildman–Crippen LogP) is 0.554. The van der Waals surface area contributed by atoms with Crippen LogP contribution in [0.3, 0.4) is 0 Å². The van der Waals surface area contributed by atoms with Crippen LogP contribution in [0.5, 0.6) is 0 Å². The molecular weight excluding hydrogens is 320 g/mol. The zero-order valence-corrected chi connectivity index (χ0v) is 13.9. The molecule has 25 heavy (non-hydrogen) atoms. The van der Waals surface area contributed by atoms with E-state index in [-0.39, 0.29) is 17.2 Å². The molecule has 8 nitrogen and oxygen atoms in total. The quantitative estimate of drug-likeness (QED) is 0.693. The van der Waals surface area contributed by atoms with Crippen LogP contribution in [0.2, 0.25) is 0 Å². The van der Waals surface area contributed by atoms with Gasteiger partial charge >= 0.3 is 0 Å². The topological polar surface area (TPSA) is 85.9 Å². The molecule has 8 heteroatoms. The van der Waals surface area contributed by atoms with Crippen LogP contribution in [0.4, 0.5) is 5.95 Å². The Labute approximate surface area is 143 Å². The van der Waals surface area contributed by atoms with E-state index in [2.05, 4.69) is 20.0 Å². The summed E-state index contributed by atoms with van der Waals surface area (Å²) in [6.45, 7) is 1.25. The van der Waals surface area contributed by atoms with Crippen LogP contribution >= 0.6 is 0 Å². The molecule has 4 heterocycles. The maximum atomic E-state index is 12.6. The number of hydrogen-bond acceptors (Lipinski definition) is 6. The van der Waals surface area contributed by atoms with Crippen molar-refractivity contribution >= 4 is 17.0 Å². The van der Waals surface area contributed by atoms with E-state index in [0.29, 0.717) is 23.5 Å². The Kier molecular flexibility index (Phi) is 3.79. The van der Waals surface area contributed by atoms with Gasteiger partial charge in [-0.25, -0.2) is 9.67 Å². The Morgan fingerprint density at radius 2 is 2.04 bits per heavy atom. The van der Waals surface area contributed by atoms with Crippen LogP contribution in [0.25, 0.3) is 11.0 Å². The van der Waals surface area contributed by atoms with Crippen molar-refractivity contribution in [2.24, 2.45) is 7.05 Å². The second-order valence-electron chi connectivity index (χ2n) is 6.18. The molecule has 1 aliphatic heterocycles. The minimum Gasteiger partial charge on any atom is -0.337 e. The van der Waals surface area contributed by atoms with Crippen LogP contribution in [0.15, 0.2) is 46.2 Å². The lowest BCUT2D eigenvalue weighted by molar-refractivity contribution is 0.482. The molecule has 4 rings (SSSR count). The summed E-state index contributed by atoms with van der Waals surface area (Å²) >= 11 is 0. The predicted molar refractivity (Wildman–Crippen MR) is 93.6 cm³/mol. The summed E-state index contributed by atoms with van der Waals surface area (Å²) in [4.78, 5) is 35.5. The summed E-state index contributed by atoms with van der Waals surface area (Å²) in [5, 5.41) is 4.64. The number of hydrogen-bond donors (Lipinski definition) is 0. The Balaban J connectivity index is 1.74.